The summed E-state index contributed by atoms with van der Waals surface area (Å²) in [5.74, 6) is -1.67. The van der Waals surface area contributed by atoms with Gasteiger partial charge < -0.3 is 20.0 Å². The zero-order valence-corrected chi connectivity index (χ0v) is 15.1. The number of aryl methyl sites for hydroxylation is 1. The van der Waals surface area contributed by atoms with Gasteiger partial charge >= 0.3 is 11.9 Å². The van der Waals surface area contributed by atoms with Crippen molar-refractivity contribution in [2.24, 2.45) is 7.05 Å². The maximum atomic E-state index is 13.5. The zero-order valence-electron chi connectivity index (χ0n) is 15.1. The van der Waals surface area contributed by atoms with Crippen molar-refractivity contribution in [2.75, 3.05) is 0 Å². The largest absolute Gasteiger partial charge is 0.618 e. The van der Waals surface area contributed by atoms with E-state index in [1.165, 1.54) is 30.7 Å². The third-order valence-corrected chi connectivity index (χ3v) is 4.50. The highest BCUT2D eigenvalue weighted by molar-refractivity contribution is 5.75. The lowest BCUT2D eigenvalue weighted by molar-refractivity contribution is -0.612. The van der Waals surface area contributed by atoms with Crippen LogP contribution in [0, 0.1) is 22.2 Å². The second-order valence-corrected chi connectivity index (χ2v) is 6.35. The van der Waals surface area contributed by atoms with Crippen molar-refractivity contribution in [3.8, 4) is 34.0 Å². The Labute approximate surface area is 161 Å². The Morgan fingerprint density at radius 3 is 2.34 bits per heavy atom. The molecule has 3 aromatic rings. The Balaban J connectivity index is 2.23. The van der Waals surface area contributed by atoms with Crippen molar-refractivity contribution in [2.45, 2.75) is 13.1 Å². The number of aromatic hydroxyl groups is 2. The molecule has 0 bridgehead atoms. The minimum atomic E-state index is -4.71. The van der Waals surface area contributed by atoms with E-state index in [0.29, 0.717) is 4.73 Å². The third-order valence-electron chi connectivity index (χ3n) is 4.50. The van der Waals surface area contributed by atoms with Crippen molar-refractivity contribution in [1.82, 2.24) is 4.57 Å². The van der Waals surface area contributed by atoms with Gasteiger partial charge in [-0.05, 0) is 18.2 Å². The summed E-state index contributed by atoms with van der Waals surface area (Å²) in [6.07, 6.45) is -3.90. The third kappa shape index (κ3) is 3.42. The predicted molar refractivity (Wildman–Crippen MR) is 95.0 cm³/mol. The van der Waals surface area contributed by atoms with Crippen LogP contribution in [0.5, 0.6) is 11.5 Å². The first-order valence-electron chi connectivity index (χ1n) is 8.09. The van der Waals surface area contributed by atoms with E-state index in [1.807, 2.05) is 0 Å². The molecule has 0 saturated carbocycles. The van der Waals surface area contributed by atoms with Crippen molar-refractivity contribution in [3.05, 3.63) is 63.1 Å². The number of halogens is 3. The number of nitro benzene ring substituents is 1. The van der Waals surface area contributed by atoms with E-state index in [1.54, 1.807) is 0 Å². The van der Waals surface area contributed by atoms with Gasteiger partial charge in [-0.15, -0.1) is 0 Å². The molecule has 0 radical (unpaired) electrons. The van der Waals surface area contributed by atoms with E-state index >= 15 is 0 Å². The van der Waals surface area contributed by atoms with Gasteiger partial charge in [-0.1, -0.05) is 0 Å². The molecular weight excluding hydrogens is 395 g/mol. The second-order valence-electron chi connectivity index (χ2n) is 6.35. The fraction of sp³-hybridized carbons (Fsp3) is 0.167. The normalized spacial score (nSPS) is 11.6. The average Bonchev–Trinajstić information content (AvgIpc) is 2.99. The van der Waals surface area contributed by atoms with Gasteiger partial charge in [-0.3, -0.25) is 10.1 Å². The molecule has 0 fully saturated rings. The van der Waals surface area contributed by atoms with Crippen LogP contribution in [0.1, 0.15) is 11.3 Å². The maximum absolute atomic E-state index is 13.5. The number of pyridine rings is 1. The zero-order chi connectivity index (χ0) is 21.7. The summed E-state index contributed by atoms with van der Waals surface area (Å²) in [5.41, 5.74) is -1.91. The van der Waals surface area contributed by atoms with Gasteiger partial charge in [0.25, 0.3) is 0 Å². The highest BCUT2D eigenvalue weighted by atomic mass is 19.4. The monoisotopic (exact) mass is 409 g/mol. The molecule has 0 atom stereocenters. The van der Waals surface area contributed by atoms with E-state index in [4.69, 9.17) is 0 Å². The minimum Gasteiger partial charge on any atom is -0.618 e. The van der Waals surface area contributed by atoms with Crippen LogP contribution in [0.4, 0.5) is 18.9 Å². The smallest absolute Gasteiger partial charge is 0.417 e. The molecule has 152 valence electrons. The van der Waals surface area contributed by atoms with Gasteiger partial charge in [0, 0.05) is 37.4 Å². The Bertz CT molecular complexity index is 1140. The van der Waals surface area contributed by atoms with Gasteiger partial charge in [0.1, 0.15) is 0 Å². The number of hydrogen-bond donors (Lipinski definition) is 2. The van der Waals surface area contributed by atoms with Crippen LogP contribution in [0.3, 0.4) is 0 Å². The number of aromatic nitrogens is 2. The average molecular weight is 409 g/mol. The number of rotatable bonds is 3. The second kappa shape index (κ2) is 6.69. The molecule has 0 aliphatic carbocycles. The lowest BCUT2D eigenvalue weighted by Crippen LogP contribution is -2.31. The standard InChI is InChI=1S/C18H14F3N3O5/c1-9-5-12(18(19,20)21)11(8-23(9)27)14-4-3-13(22(14)2)10-6-15(24(28)29)17(26)16(25)7-10/h3-8,25-26H,1-2H3. The molecule has 0 spiro atoms. The number of hydrogen-bond acceptors (Lipinski definition) is 5. The van der Waals surface area contributed by atoms with Crippen LogP contribution in [0.15, 0.2) is 36.5 Å². The molecule has 0 saturated heterocycles. The highest BCUT2D eigenvalue weighted by Gasteiger charge is 2.36. The summed E-state index contributed by atoms with van der Waals surface area (Å²) in [6, 6.07) is 5.49. The Kier molecular flexibility index (Phi) is 4.61. The maximum Gasteiger partial charge on any atom is 0.417 e. The fourth-order valence-corrected chi connectivity index (χ4v) is 3.04. The van der Waals surface area contributed by atoms with E-state index in [0.717, 1.165) is 24.4 Å². The van der Waals surface area contributed by atoms with Crippen molar-refractivity contribution in [3.63, 3.8) is 0 Å². The molecule has 0 aliphatic heterocycles. The van der Waals surface area contributed by atoms with E-state index in [-0.39, 0.29) is 28.2 Å². The van der Waals surface area contributed by atoms with Gasteiger partial charge in [-0.25, -0.2) is 0 Å². The summed E-state index contributed by atoms with van der Waals surface area (Å²) < 4.78 is 42.1. The molecule has 2 aromatic heterocycles. The first-order chi connectivity index (χ1) is 13.4. The first kappa shape index (κ1) is 20.0. The van der Waals surface area contributed by atoms with Crippen molar-refractivity contribution >= 4 is 5.69 Å². The molecule has 8 nitrogen and oxygen atoms in total. The lowest BCUT2D eigenvalue weighted by Gasteiger charge is -2.15. The van der Waals surface area contributed by atoms with Crippen LogP contribution >= 0.6 is 0 Å². The molecule has 0 unspecified atom stereocenters. The van der Waals surface area contributed by atoms with Gasteiger partial charge in [0.15, 0.2) is 17.6 Å². The summed E-state index contributed by atoms with van der Waals surface area (Å²) in [7, 11) is 1.41. The first-order valence-corrected chi connectivity index (χ1v) is 8.09. The molecule has 2 N–H and O–H groups in total. The number of alkyl halides is 3. The Morgan fingerprint density at radius 2 is 1.76 bits per heavy atom. The quantitative estimate of drug-likeness (QED) is 0.225. The Hall–Kier alpha value is -3.76. The number of nitro groups is 1. The number of nitrogens with zero attached hydrogens (tertiary/aromatic N) is 3. The molecule has 3 rings (SSSR count). The molecule has 0 aliphatic rings. The summed E-state index contributed by atoms with van der Waals surface area (Å²) >= 11 is 0. The van der Waals surface area contributed by atoms with Crippen LogP contribution in [-0.4, -0.2) is 19.7 Å². The van der Waals surface area contributed by atoms with Crippen LogP contribution in [-0.2, 0) is 13.2 Å². The predicted octanol–water partition coefficient (Wildman–Crippen LogP) is 3.64. The summed E-state index contributed by atoms with van der Waals surface area (Å²) in [6.45, 7) is 1.25. The van der Waals surface area contributed by atoms with Crippen molar-refractivity contribution in [1.29, 1.82) is 0 Å². The molecular formula is C18H14F3N3O5. The minimum absolute atomic E-state index is 0.0344. The number of benzene rings is 1. The molecule has 29 heavy (non-hydrogen) atoms. The van der Waals surface area contributed by atoms with Crippen LogP contribution in [0.25, 0.3) is 22.5 Å². The summed E-state index contributed by atoms with van der Waals surface area (Å²) in [4.78, 5) is 10.2. The Morgan fingerprint density at radius 1 is 1.14 bits per heavy atom. The SMILES string of the molecule is Cc1cc(C(F)(F)F)c(-c2ccc(-c3cc(O)c(O)c([N+](=O)[O-])c3)n2C)c[n+]1[O-]. The lowest BCUT2D eigenvalue weighted by atomic mass is 10.1. The highest BCUT2D eigenvalue weighted by Crippen LogP contribution is 2.42. The summed E-state index contributed by atoms with van der Waals surface area (Å²) in [5, 5.41) is 42.3. The fourth-order valence-electron chi connectivity index (χ4n) is 3.04. The van der Waals surface area contributed by atoms with Gasteiger partial charge in [-0.2, -0.15) is 17.9 Å². The van der Waals surface area contributed by atoms with Crippen LogP contribution in [0.2, 0.25) is 0 Å². The van der Waals surface area contributed by atoms with Crippen molar-refractivity contribution < 1.29 is 33.0 Å². The van der Waals surface area contributed by atoms with E-state index in [2.05, 4.69) is 0 Å². The molecule has 2 heterocycles. The topological polar surface area (TPSA) is 115 Å². The molecule has 11 heteroatoms. The number of phenolic OH excluding ortho intramolecular Hbond substituents is 2. The van der Waals surface area contributed by atoms with E-state index < -0.39 is 33.8 Å². The molecule has 1 aromatic carbocycles. The molecule has 0 amide bonds. The number of phenols is 2. The van der Waals surface area contributed by atoms with Gasteiger partial charge in [0.2, 0.25) is 5.75 Å². The van der Waals surface area contributed by atoms with Crippen LogP contribution < -0.4 is 4.73 Å². The van der Waals surface area contributed by atoms with Gasteiger partial charge in [0.05, 0.1) is 21.7 Å². The van der Waals surface area contributed by atoms with E-state index in [9.17, 15) is 38.7 Å².